The maximum atomic E-state index is 14.4. The van der Waals surface area contributed by atoms with Gasteiger partial charge in [0.15, 0.2) is 11.6 Å². The number of amides is 2. The third kappa shape index (κ3) is 4.86. The molecule has 0 aromatic heterocycles. The van der Waals surface area contributed by atoms with Crippen LogP contribution in [0.5, 0.6) is 5.75 Å². The Balaban J connectivity index is 1.52. The summed E-state index contributed by atoms with van der Waals surface area (Å²) in [6, 6.07) is 4.91. The molecule has 148 valence electrons. The summed E-state index contributed by atoms with van der Waals surface area (Å²) < 4.78 is 25.1. The van der Waals surface area contributed by atoms with E-state index in [0.29, 0.717) is 24.9 Å². The molecule has 27 heavy (non-hydrogen) atoms. The van der Waals surface area contributed by atoms with Crippen LogP contribution in [-0.2, 0) is 9.53 Å². The standard InChI is InChI=1S/C18H25FN4O4/c1-12(24)21-10-15-11-23(18(25)27-15)13-3-4-17(16(19)7-13)26-6-5-22(2)14-8-20-9-14/h3-4,7,14-15,20H,5-6,8-11H2,1-2H3,(H,21,24)/t15-/m0/s1. The molecule has 2 fully saturated rings. The number of cyclic esters (lactones) is 1. The highest BCUT2D eigenvalue weighted by molar-refractivity contribution is 5.89. The summed E-state index contributed by atoms with van der Waals surface area (Å²) in [5.41, 5.74) is 0.396. The monoisotopic (exact) mass is 380 g/mol. The minimum atomic E-state index is -0.561. The Morgan fingerprint density at radius 3 is 2.89 bits per heavy atom. The lowest BCUT2D eigenvalue weighted by Gasteiger charge is -2.35. The number of rotatable bonds is 8. The Kier molecular flexibility index (Phi) is 6.12. The van der Waals surface area contributed by atoms with Gasteiger partial charge in [0.1, 0.15) is 12.7 Å². The molecule has 9 heteroatoms. The summed E-state index contributed by atoms with van der Waals surface area (Å²) in [6.07, 6.45) is -1.02. The SMILES string of the molecule is CC(=O)NC[C@H]1CN(c2ccc(OCCN(C)C3CNC3)c(F)c2)C(=O)O1. The van der Waals surface area contributed by atoms with Crippen molar-refractivity contribution in [2.75, 3.05) is 51.3 Å². The van der Waals surface area contributed by atoms with E-state index in [2.05, 4.69) is 15.5 Å². The van der Waals surface area contributed by atoms with Gasteiger partial charge in [-0.25, -0.2) is 9.18 Å². The Morgan fingerprint density at radius 1 is 1.48 bits per heavy atom. The van der Waals surface area contributed by atoms with Crippen LogP contribution in [0, 0.1) is 5.82 Å². The Labute approximate surface area is 157 Å². The number of nitrogens with zero attached hydrogens (tertiary/aromatic N) is 2. The highest BCUT2D eigenvalue weighted by Crippen LogP contribution is 2.27. The van der Waals surface area contributed by atoms with Crippen LogP contribution < -0.4 is 20.3 Å². The fraction of sp³-hybridized carbons (Fsp3) is 0.556. The number of anilines is 1. The summed E-state index contributed by atoms with van der Waals surface area (Å²) >= 11 is 0. The summed E-state index contributed by atoms with van der Waals surface area (Å²) in [6.45, 7) is 4.89. The molecule has 3 rings (SSSR count). The van der Waals surface area contributed by atoms with Crippen molar-refractivity contribution in [3.05, 3.63) is 24.0 Å². The van der Waals surface area contributed by atoms with Gasteiger partial charge in [-0.1, -0.05) is 0 Å². The minimum Gasteiger partial charge on any atom is -0.489 e. The smallest absolute Gasteiger partial charge is 0.414 e. The quantitative estimate of drug-likeness (QED) is 0.686. The van der Waals surface area contributed by atoms with E-state index >= 15 is 0 Å². The molecule has 1 atom stereocenters. The average molecular weight is 380 g/mol. The molecular formula is C18H25FN4O4. The molecule has 0 saturated carbocycles. The molecule has 2 amide bonds. The molecule has 2 aliphatic rings. The predicted octanol–water partition coefficient (Wildman–Crippen LogP) is 0.569. The van der Waals surface area contributed by atoms with E-state index in [1.54, 1.807) is 6.07 Å². The molecule has 1 aromatic carbocycles. The highest BCUT2D eigenvalue weighted by atomic mass is 19.1. The van der Waals surface area contributed by atoms with Crippen molar-refractivity contribution in [2.45, 2.75) is 19.1 Å². The van der Waals surface area contributed by atoms with Crippen molar-refractivity contribution in [1.82, 2.24) is 15.5 Å². The van der Waals surface area contributed by atoms with Crippen LogP contribution in [0.25, 0.3) is 0 Å². The number of carbonyl (C=O) groups is 2. The average Bonchev–Trinajstić information content (AvgIpc) is 2.93. The largest absolute Gasteiger partial charge is 0.489 e. The molecule has 1 aromatic rings. The number of benzene rings is 1. The first-order valence-corrected chi connectivity index (χ1v) is 9.00. The molecular weight excluding hydrogens is 355 g/mol. The Bertz CT molecular complexity index is 698. The molecule has 0 radical (unpaired) electrons. The lowest BCUT2D eigenvalue weighted by Crippen LogP contribution is -2.56. The van der Waals surface area contributed by atoms with E-state index in [1.165, 1.54) is 24.0 Å². The number of halogens is 1. The van der Waals surface area contributed by atoms with Gasteiger partial charge in [0.05, 0.1) is 18.8 Å². The Morgan fingerprint density at radius 2 is 2.26 bits per heavy atom. The Hall–Kier alpha value is -2.39. The second-order valence-corrected chi connectivity index (χ2v) is 6.81. The van der Waals surface area contributed by atoms with Gasteiger partial charge in [0.2, 0.25) is 5.91 Å². The first-order chi connectivity index (χ1) is 12.9. The molecule has 0 unspecified atom stereocenters. The van der Waals surface area contributed by atoms with Crippen molar-refractivity contribution in [1.29, 1.82) is 0 Å². The summed E-state index contributed by atoms with van der Waals surface area (Å²) in [5, 5.41) is 5.81. The molecule has 2 heterocycles. The zero-order valence-corrected chi connectivity index (χ0v) is 15.5. The third-order valence-corrected chi connectivity index (χ3v) is 4.76. The van der Waals surface area contributed by atoms with Crippen LogP contribution in [0.15, 0.2) is 18.2 Å². The zero-order valence-electron chi connectivity index (χ0n) is 15.5. The van der Waals surface area contributed by atoms with Crippen molar-refractivity contribution in [3.63, 3.8) is 0 Å². The number of likely N-dealkylation sites (N-methyl/N-ethyl adjacent to an activating group) is 1. The van der Waals surface area contributed by atoms with Gasteiger partial charge in [-0.15, -0.1) is 0 Å². The van der Waals surface area contributed by atoms with Crippen LogP contribution in [0.2, 0.25) is 0 Å². The van der Waals surface area contributed by atoms with Gasteiger partial charge >= 0.3 is 6.09 Å². The summed E-state index contributed by atoms with van der Waals surface area (Å²) in [5.74, 6) is -0.573. The van der Waals surface area contributed by atoms with Gasteiger partial charge in [0, 0.05) is 38.7 Å². The number of carbonyl (C=O) groups excluding carboxylic acids is 2. The van der Waals surface area contributed by atoms with Gasteiger partial charge in [-0.3, -0.25) is 14.6 Å². The van der Waals surface area contributed by atoms with E-state index in [4.69, 9.17) is 9.47 Å². The zero-order chi connectivity index (χ0) is 19.4. The predicted molar refractivity (Wildman–Crippen MR) is 97.5 cm³/mol. The summed E-state index contributed by atoms with van der Waals surface area (Å²) in [7, 11) is 2.02. The lowest BCUT2D eigenvalue weighted by atomic mass is 10.1. The maximum Gasteiger partial charge on any atom is 0.414 e. The molecule has 2 N–H and O–H groups in total. The van der Waals surface area contributed by atoms with Crippen LogP contribution in [0.1, 0.15) is 6.92 Å². The van der Waals surface area contributed by atoms with Crippen molar-refractivity contribution in [2.24, 2.45) is 0 Å². The number of ether oxygens (including phenoxy) is 2. The van der Waals surface area contributed by atoms with E-state index in [9.17, 15) is 14.0 Å². The normalized spacial score (nSPS) is 19.8. The van der Waals surface area contributed by atoms with Gasteiger partial charge < -0.3 is 20.1 Å². The highest BCUT2D eigenvalue weighted by Gasteiger charge is 2.32. The van der Waals surface area contributed by atoms with Crippen LogP contribution >= 0.6 is 0 Å². The summed E-state index contributed by atoms with van der Waals surface area (Å²) in [4.78, 5) is 26.5. The number of nitrogens with one attached hydrogen (secondary N) is 2. The van der Waals surface area contributed by atoms with E-state index in [1.807, 2.05) is 7.05 Å². The molecule has 0 aliphatic carbocycles. The van der Waals surface area contributed by atoms with Gasteiger partial charge in [-0.05, 0) is 19.2 Å². The third-order valence-electron chi connectivity index (χ3n) is 4.76. The number of hydrogen-bond acceptors (Lipinski definition) is 6. The lowest BCUT2D eigenvalue weighted by molar-refractivity contribution is -0.119. The van der Waals surface area contributed by atoms with E-state index in [0.717, 1.165) is 13.1 Å². The fourth-order valence-corrected chi connectivity index (χ4v) is 2.94. The molecule has 0 bridgehead atoms. The van der Waals surface area contributed by atoms with E-state index in [-0.39, 0.29) is 24.7 Å². The van der Waals surface area contributed by atoms with Gasteiger partial charge in [-0.2, -0.15) is 0 Å². The van der Waals surface area contributed by atoms with Crippen molar-refractivity contribution >= 4 is 17.7 Å². The first kappa shape index (κ1) is 19.4. The molecule has 2 aliphatic heterocycles. The molecule has 2 saturated heterocycles. The van der Waals surface area contributed by atoms with Crippen molar-refractivity contribution in [3.8, 4) is 5.75 Å². The first-order valence-electron chi connectivity index (χ1n) is 9.00. The molecule has 0 spiro atoms. The van der Waals surface area contributed by atoms with Gasteiger partial charge in [0.25, 0.3) is 0 Å². The second-order valence-electron chi connectivity index (χ2n) is 6.81. The van der Waals surface area contributed by atoms with Crippen LogP contribution in [0.3, 0.4) is 0 Å². The number of hydrogen-bond donors (Lipinski definition) is 2. The second kappa shape index (κ2) is 8.53. The topological polar surface area (TPSA) is 83.1 Å². The maximum absolute atomic E-state index is 14.4. The van der Waals surface area contributed by atoms with Crippen LogP contribution in [-0.4, -0.2) is 75.4 Å². The van der Waals surface area contributed by atoms with E-state index < -0.39 is 18.0 Å². The van der Waals surface area contributed by atoms with Crippen LogP contribution in [0.4, 0.5) is 14.9 Å². The fourth-order valence-electron chi connectivity index (χ4n) is 2.94. The molecule has 8 nitrogen and oxygen atoms in total. The minimum absolute atomic E-state index is 0.154. The van der Waals surface area contributed by atoms with Crippen molar-refractivity contribution < 1.29 is 23.5 Å².